The second-order valence-corrected chi connectivity index (χ2v) is 3.68. The molecule has 0 spiro atoms. The van der Waals surface area contributed by atoms with E-state index in [4.69, 9.17) is 4.74 Å². The first-order chi connectivity index (χ1) is 7.72. The molecule has 2 aromatic rings. The maximum atomic E-state index is 11.3. The number of benzene rings is 2. The number of carbonyl (C=O) groups excluding carboxylic acids is 1. The molecule has 82 valence electrons. The summed E-state index contributed by atoms with van der Waals surface area (Å²) in [5, 5.41) is 2.09. The number of fused-ring (bicyclic) bond motifs is 1. The van der Waals surface area contributed by atoms with Crippen molar-refractivity contribution in [1.82, 2.24) is 0 Å². The van der Waals surface area contributed by atoms with Gasteiger partial charge in [-0.2, -0.15) is 0 Å². The molecule has 0 unspecified atom stereocenters. The number of ketones is 1. The predicted octanol–water partition coefficient (Wildman–Crippen LogP) is 3.44. The van der Waals surface area contributed by atoms with Crippen LogP contribution in [0.3, 0.4) is 0 Å². The zero-order valence-corrected chi connectivity index (χ0v) is 9.49. The Kier molecular flexibility index (Phi) is 2.91. The number of rotatable bonds is 3. The molecule has 0 aliphatic carbocycles. The second-order valence-electron chi connectivity index (χ2n) is 3.68. The van der Waals surface area contributed by atoms with Crippen LogP contribution in [0, 0.1) is 0 Å². The van der Waals surface area contributed by atoms with E-state index in [9.17, 15) is 4.79 Å². The molecule has 2 rings (SSSR count). The Bertz CT molecular complexity index is 529. The van der Waals surface area contributed by atoms with Crippen molar-refractivity contribution in [3.05, 3.63) is 42.0 Å². The van der Waals surface area contributed by atoms with Crippen LogP contribution in [0.1, 0.15) is 24.2 Å². The molecule has 0 aliphatic rings. The topological polar surface area (TPSA) is 26.3 Å². The summed E-state index contributed by atoms with van der Waals surface area (Å²) in [6.45, 7) is 4.18. The summed E-state index contributed by atoms with van der Waals surface area (Å²) in [7, 11) is 0. The maximum Gasteiger partial charge on any atom is 0.159 e. The standard InChI is InChI=1S/C14H14O2/c1-3-16-14-6-4-5-12-9-11(10(2)15)7-8-13(12)14/h4-9H,3H2,1-2H3. The summed E-state index contributed by atoms with van der Waals surface area (Å²) < 4.78 is 5.53. The monoisotopic (exact) mass is 214 g/mol. The Balaban J connectivity index is 2.59. The van der Waals surface area contributed by atoms with Crippen LogP contribution in [0.2, 0.25) is 0 Å². The van der Waals surface area contributed by atoms with Crippen molar-refractivity contribution in [2.75, 3.05) is 6.61 Å². The molecule has 0 fully saturated rings. The van der Waals surface area contributed by atoms with E-state index in [-0.39, 0.29) is 5.78 Å². The van der Waals surface area contributed by atoms with Gasteiger partial charge < -0.3 is 4.74 Å². The van der Waals surface area contributed by atoms with Gasteiger partial charge in [-0.15, -0.1) is 0 Å². The molecule has 0 atom stereocenters. The average molecular weight is 214 g/mol. The first kappa shape index (κ1) is 10.7. The summed E-state index contributed by atoms with van der Waals surface area (Å²) >= 11 is 0. The maximum absolute atomic E-state index is 11.3. The van der Waals surface area contributed by atoms with Gasteiger partial charge in [0.1, 0.15) is 5.75 Å². The van der Waals surface area contributed by atoms with Crippen LogP contribution in [0.25, 0.3) is 10.8 Å². The highest BCUT2D eigenvalue weighted by Crippen LogP contribution is 2.26. The minimum absolute atomic E-state index is 0.0868. The van der Waals surface area contributed by atoms with E-state index in [0.29, 0.717) is 6.61 Å². The molecule has 0 aromatic heterocycles. The summed E-state index contributed by atoms with van der Waals surface area (Å²) in [5.41, 5.74) is 0.737. The number of carbonyl (C=O) groups is 1. The van der Waals surface area contributed by atoms with Gasteiger partial charge in [0, 0.05) is 10.9 Å². The minimum atomic E-state index is 0.0868. The third-order valence-corrected chi connectivity index (χ3v) is 2.55. The van der Waals surface area contributed by atoms with E-state index in [1.54, 1.807) is 6.92 Å². The molecular weight excluding hydrogens is 200 g/mol. The van der Waals surface area contributed by atoms with Gasteiger partial charge in [0.05, 0.1) is 6.61 Å². The van der Waals surface area contributed by atoms with E-state index >= 15 is 0 Å². The van der Waals surface area contributed by atoms with Crippen LogP contribution in [-0.2, 0) is 0 Å². The fraction of sp³-hybridized carbons (Fsp3) is 0.214. The van der Waals surface area contributed by atoms with Gasteiger partial charge in [0.15, 0.2) is 5.78 Å². The average Bonchev–Trinajstić information content (AvgIpc) is 2.29. The lowest BCUT2D eigenvalue weighted by Crippen LogP contribution is -1.94. The lowest BCUT2D eigenvalue weighted by Gasteiger charge is -2.07. The van der Waals surface area contributed by atoms with Crippen molar-refractivity contribution >= 4 is 16.6 Å². The van der Waals surface area contributed by atoms with E-state index < -0.39 is 0 Å². The molecule has 0 N–H and O–H groups in total. The minimum Gasteiger partial charge on any atom is -0.493 e. The lowest BCUT2D eigenvalue weighted by molar-refractivity contribution is 0.101. The molecule has 0 radical (unpaired) electrons. The van der Waals surface area contributed by atoms with Crippen molar-refractivity contribution in [2.24, 2.45) is 0 Å². The van der Waals surface area contributed by atoms with Crippen molar-refractivity contribution in [3.63, 3.8) is 0 Å². The summed E-state index contributed by atoms with van der Waals surface area (Å²) in [5.74, 6) is 0.957. The Morgan fingerprint density at radius 1 is 1.25 bits per heavy atom. The zero-order chi connectivity index (χ0) is 11.5. The zero-order valence-electron chi connectivity index (χ0n) is 9.49. The second kappa shape index (κ2) is 4.35. The molecule has 2 nitrogen and oxygen atoms in total. The third kappa shape index (κ3) is 1.91. The fourth-order valence-corrected chi connectivity index (χ4v) is 1.75. The Morgan fingerprint density at radius 3 is 2.75 bits per heavy atom. The van der Waals surface area contributed by atoms with Crippen molar-refractivity contribution in [3.8, 4) is 5.75 Å². The molecule has 2 heteroatoms. The number of ether oxygens (including phenoxy) is 1. The van der Waals surface area contributed by atoms with Crippen molar-refractivity contribution < 1.29 is 9.53 Å². The van der Waals surface area contributed by atoms with Gasteiger partial charge in [-0.25, -0.2) is 0 Å². The quantitative estimate of drug-likeness (QED) is 0.731. The largest absolute Gasteiger partial charge is 0.493 e. The van der Waals surface area contributed by atoms with Crippen LogP contribution >= 0.6 is 0 Å². The molecule has 2 aromatic carbocycles. The highest BCUT2D eigenvalue weighted by Gasteiger charge is 2.04. The summed E-state index contributed by atoms with van der Waals surface area (Å²) in [6.07, 6.45) is 0. The van der Waals surface area contributed by atoms with Crippen LogP contribution in [0.5, 0.6) is 5.75 Å². The number of hydrogen-bond acceptors (Lipinski definition) is 2. The molecule has 0 saturated carbocycles. The van der Waals surface area contributed by atoms with E-state index in [0.717, 1.165) is 22.1 Å². The summed E-state index contributed by atoms with van der Waals surface area (Å²) in [4.78, 5) is 11.3. The highest BCUT2D eigenvalue weighted by molar-refractivity contribution is 5.99. The van der Waals surface area contributed by atoms with Gasteiger partial charge in [0.25, 0.3) is 0 Å². The first-order valence-corrected chi connectivity index (χ1v) is 5.39. The third-order valence-electron chi connectivity index (χ3n) is 2.55. The molecule has 0 saturated heterocycles. The van der Waals surface area contributed by atoms with E-state index in [1.807, 2.05) is 43.3 Å². The molecule has 0 amide bonds. The van der Waals surface area contributed by atoms with Crippen molar-refractivity contribution in [2.45, 2.75) is 13.8 Å². The number of Topliss-reactive ketones (excluding diaryl/α,β-unsaturated/α-hetero) is 1. The van der Waals surface area contributed by atoms with Gasteiger partial charge in [-0.05, 0) is 37.4 Å². The predicted molar refractivity (Wildman–Crippen MR) is 65.1 cm³/mol. The molecule has 0 bridgehead atoms. The van der Waals surface area contributed by atoms with Gasteiger partial charge in [-0.3, -0.25) is 4.79 Å². The van der Waals surface area contributed by atoms with Crippen LogP contribution in [0.15, 0.2) is 36.4 Å². The Hall–Kier alpha value is -1.83. The van der Waals surface area contributed by atoms with Gasteiger partial charge in [-0.1, -0.05) is 18.2 Å². The molecule has 16 heavy (non-hydrogen) atoms. The molecule has 0 aliphatic heterocycles. The van der Waals surface area contributed by atoms with Gasteiger partial charge in [0.2, 0.25) is 0 Å². The first-order valence-electron chi connectivity index (χ1n) is 5.39. The SMILES string of the molecule is CCOc1cccc2cc(C(C)=O)ccc12. The smallest absolute Gasteiger partial charge is 0.159 e. The van der Waals surface area contributed by atoms with Crippen LogP contribution in [-0.4, -0.2) is 12.4 Å². The van der Waals surface area contributed by atoms with Crippen molar-refractivity contribution in [1.29, 1.82) is 0 Å². The summed E-state index contributed by atoms with van der Waals surface area (Å²) in [6, 6.07) is 11.6. The van der Waals surface area contributed by atoms with Crippen LogP contribution in [0.4, 0.5) is 0 Å². The fourth-order valence-electron chi connectivity index (χ4n) is 1.75. The lowest BCUT2D eigenvalue weighted by atomic mass is 10.0. The molecular formula is C14H14O2. The van der Waals surface area contributed by atoms with E-state index in [1.165, 1.54) is 0 Å². The Labute approximate surface area is 94.8 Å². The van der Waals surface area contributed by atoms with Gasteiger partial charge >= 0.3 is 0 Å². The molecule has 0 heterocycles. The van der Waals surface area contributed by atoms with Crippen LogP contribution < -0.4 is 4.74 Å². The Morgan fingerprint density at radius 2 is 2.06 bits per heavy atom. The van der Waals surface area contributed by atoms with E-state index in [2.05, 4.69) is 0 Å². The normalized spacial score (nSPS) is 10.4. The number of hydrogen-bond donors (Lipinski definition) is 0. The highest BCUT2D eigenvalue weighted by atomic mass is 16.5.